The molecule has 0 atom stereocenters. The van der Waals surface area contributed by atoms with Crippen LogP contribution in [0.2, 0.25) is 0 Å². The van der Waals surface area contributed by atoms with Gasteiger partial charge in [-0.3, -0.25) is 4.79 Å². The van der Waals surface area contributed by atoms with Crippen molar-refractivity contribution < 1.29 is 4.79 Å². The second-order valence-corrected chi connectivity index (χ2v) is 6.39. The Bertz CT molecular complexity index is 907. The fraction of sp³-hybridized carbons (Fsp3) is 0.227. The van der Waals surface area contributed by atoms with Crippen LogP contribution in [0.4, 0.5) is 0 Å². The van der Waals surface area contributed by atoms with Gasteiger partial charge in [0.1, 0.15) is 0 Å². The molecule has 1 aromatic heterocycles. The Kier molecular flexibility index (Phi) is 4.75. The zero-order valence-electron chi connectivity index (χ0n) is 15.0. The van der Waals surface area contributed by atoms with E-state index in [-0.39, 0.29) is 5.91 Å². The molecule has 3 rings (SSSR count). The normalized spacial score (nSPS) is 10.8. The summed E-state index contributed by atoms with van der Waals surface area (Å²) in [5.74, 6) is -0.364. The summed E-state index contributed by atoms with van der Waals surface area (Å²) in [5, 5.41) is 0. The number of rotatable bonds is 5. The van der Waals surface area contributed by atoms with E-state index in [0.29, 0.717) is 5.56 Å². The first-order valence-corrected chi connectivity index (χ1v) is 8.66. The molecular weight excluding hydrogens is 308 g/mol. The third-order valence-corrected chi connectivity index (χ3v) is 4.81. The van der Waals surface area contributed by atoms with Crippen LogP contribution in [0.15, 0.2) is 54.6 Å². The molecule has 3 heteroatoms. The van der Waals surface area contributed by atoms with E-state index in [1.165, 1.54) is 5.56 Å². The summed E-state index contributed by atoms with van der Waals surface area (Å²) in [5.41, 5.74) is 12.9. The molecule has 2 N–H and O–H groups in total. The zero-order chi connectivity index (χ0) is 18.0. The Hall–Kier alpha value is -2.81. The van der Waals surface area contributed by atoms with Crippen LogP contribution in [0.3, 0.4) is 0 Å². The second kappa shape index (κ2) is 6.98. The van der Waals surface area contributed by atoms with Crippen LogP contribution in [0.1, 0.15) is 39.8 Å². The molecular formula is C22H24N2O. The Morgan fingerprint density at radius 2 is 1.64 bits per heavy atom. The van der Waals surface area contributed by atoms with E-state index in [2.05, 4.69) is 42.7 Å². The lowest BCUT2D eigenvalue weighted by molar-refractivity contribution is 0.1000. The molecule has 0 radical (unpaired) electrons. The number of primary amides is 1. The molecule has 0 spiro atoms. The Morgan fingerprint density at radius 1 is 1.00 bits per heavy atom. The monoisotopic (exact) mass is 332 g/mol. The summed E-state index contributed by atoms with van der Waals surface area (Å²) in [7, 11) is 0. The number of hydrogen-bond donors (Lipinski definition) is 1. The van der Waals surface area contributed by atoms with Crippen molar-refractivity contribution in [3.05, 3.63) is 82.7 Å². The maximum absolute atomic E-state index is 12.3. The maximum atomic E-state index is 12.3. The highest BCUT2D eigenvalue weighted by Gasteiger charge is 2.24. The summed E-state index contributed by atoms with van der Waals surface area (Å²) in [6.07, 6.45) is 0.838. The van der Waals surface area contributed by atoms with Gasteiger partial charge in [0.05, 0.1) is 5.56 Å². The molecule has 0 fully saturated rings. The topological polar surface area (TPSA) is 48.0 Å². The number of carbonyl (C=O) groups excluding carboxylic acids is 1. The summed E-state index contributed by atoms with van der Waals surface area (Å²) in [6, 6.07) is 18.5. The van der Waals surface area contributed by atoms with Gasteiger partial charge in [0.2, 0.25) is 0 Å². The number of carbonyl (C=O) groups is 1. The largest absolute Gasteiger partial charge is 0.366 e. The van der Waals surface area contributed by atoms with Crippen LogP contribution in [-0.4, -0.2) is 10.5 Å². The average Bonchev–Trinajstić information content (AvgIpc) is 2.88. The predicted molar refractivity (Wildman–Crippen MR) is 103 cm³/mol. The van der Waals surface area contributed by atoms with E-state index in [0.717, 1.165) is 41.0 Å². The van der Waals surface area contributed by atoms with Crippen molar-refractivity contribution in [2.75, 3.05) is 0 Å². The molecule has 128 valence electrons. The number of nitrogens with zero attached hydrogens (tertiary/aromatic N) is 1. The number of amides is 1. The summed E-state index contributed by atoms with van der Waals surface area (Å²) < 4.78 is 2.23. The summed E-state index contributed by atoms with van der Waals surface area (Å²) >= 11 is 0. The van der Waals surface area contributed by atoms with E-state index in [9.17, 15) is 4.79 Å². The number of benzene rings is 2. The lowest BCUT2D eigenvalue weighted by Crippen LogP contribution is -2.13. The third kappa shape index (κ3) is 3.10. The maximum Gasteiger partial charge on any atom is 0.251 e. The van der Waals surface area contributed by atoms with Gasteiger partial charge in [-0.25, -0.2) is 0 Å². The van der Waals surface area contributed by atoms with Crippen molar-refractivity contribution in [2.45, 2.75) is 33.7 Å². The molecule has 3 nitrogen and oxygen atoms in total. The SMILES string of the molecule is CCc1c(-c2ccccc2C)c(C(N)=O)c(C)n1Cc1ccccc1. The van der Waals surface area contributed by atoms with Crippen LogP contribution in [-0.2, 0) is 13.0 Å². The lowest BCUT2D eigenvalue weighted by atomic mass is 9.95. The standard InChI is InChI=1S/C22H24N2O/c1-4-19-21(18-13-9-8-10-15(18)2)20(22(23)25)16(3)24(19)14-17-11-6-5-7-12-17/h5-13H,4,14H2,1-3H3,(H2,23,25). The highest BCUT2D eigenvalue weighted by Crippen LogP contribution is 2.35. The average molecular weight is 332 g/mol. The minimum atomic E-state index is -0.364. The highest BCUT2D eigenvalue weighted by molar-refractivity contribution is 6.02. The van der Waals surface area contributed by atoms with Crippen LogP contribution in [0.5, 0.6) is 0 Å². The Balaban J connectivity index is 2.26. The molecule has 0 aliphatic heterocycles. The van der Waals surface area contributed by atoms with Crippen LogP contribution in [0, 0.1) is 13.8 Å². The van der Waals surface area contributed by atoms with E-state index in [1.807, 2.05) is 37.3 Å². The molecule has 1 amide bonds. The molecule has 25 heavy (non-hydrogen) atoms. The van der Waals surface area contributed by atoms with Gasteiger partial charge in [-0.05, 0) is 37.0 Å². The number of aryl methyl sites for hydroxylation is 1. The quantitative estimate of drug-likeness (QED) is 0.735. The van der Waals surface area contributed by atoms with Crippen LogP contribution >= 0.6 is 0 Å². The van der Waals surface area contributed by atoms with Crippen molar-refractivity contribution in [3.8, 4) is 11.1 Å². The molecule has 3 aromatic rings. The van der Waals surface area contributed by atoms with E-state index in [4.69, 9.17) is 5.73 Å². The van der Waals surface area contributed by atoms with Gasteiger partial charge in [0.15, 0.2) is 0 Å². The minimum absolute atomic E-state index is 0.364. The summed E-state index contributed by atoms with van der Waals surface area (Å²) in [4.78, 5) is 12.3. The number of nitrogens with two attached hydrogens (primary N) is 1. The van der Waals surface area contributed by atoms with Crippen molar-refractivity contribution in [2.24, 2.45) is 5.73 Å². The molecule has 1 heterocycles. The van der Waals surface area contributed by atoms with Crippen molar-refractivity contribution >= 4 is 5.91 Å². The lowest BCUT2D eigenvalue weighted by Gasteiger charge is -2.13. The number of hydrogen-bond acceptors (Lipinski definition) is 1. The first kappa shape index (κ1) is 17.0. The van der Waals surface area contributed by atoms with E-state index >= 15 is 0 Å². The van der Waals surface area contributed by atoms with Gasteiger partial charge in [0.25, 0.3) is 5.91 Å². The minimum Gasteiger partial charge on any atom is -0.366 e. The Labute approximate surface area is 149 Å². The fourth-order valence-corrected chi connectivity index (χ4v) is 3.59. The first-order valence-electron chi connectivity index (χ1n) is 8.66. The van der Waals surface area contributed by atoms with Gasteiger partial charge in [-0.1, -0.05) is 61.5 Å². The van der Waals surface area contributed by atoms with Gasteiger partial charge in [-0.15, -0.1) is 0 Å². The number of aromatic nitrogens is 1. The van der Waals surface area contributed by atoms with Crippen LogP contribution in [0.25, 0.3) is 11.1 Å². The molecule has 0 saturated carbocycles. The second-order valence-electron chi connectivity index (χ2n) is 6.39. The van der Waals surface area contributed by atoms with Crippen molar-refractivity contribution in [3.63, 3.8) is 0 Å². The predicted octanol–water partition coefficient (Wildman–Crippen LogP) is 4.48. The smallest absolute Gasteiger partial charge is 0.251 e. The molecule has 0 unspecified atom stereocenters. The summed E-state index contributed by atoms with van der Waals surface area (Å²) in [6.45, 7) is 6.93. The third-order valence-electron chi connectivity index (χ3n) is 4.81. The van der Waals surface area contributed by atoms with Gasteiger partial charge >= 0.3 is 0 Å². The van der Waals surface area contributed by atoms with Gasteiger partial charge in [0, 0.05) is 23.5 Å². The first-order chi connectivity index (χ1) is 12.0. The van der Waals surface area contributed by atoms with Gasteiger partial charge in [-0.2, -0.15) is 0 Å². The molecule has 0 aliphatic rings. The highest BCUT2D eigenvalue weighted by atomic mass is 16.1. The molecule has 2 aromatic carbocycles. The fourth-order valence-electron chi connectivity index (χ4n) is 3.59. The zero-order valence-corrected chi connectivity index (χ0v) is 15.0. The van der Waals surface area contributed by atoms with E-state index in [1.54, 1.807) is 0 Å². The molecule has 0 bridgehead atoms. The van der Waals surface area contributed by atoms with Crippen LogP contribution < -0.4 is 5.73 Å². The van der Waals surface area contributed by atoms with Crippen molar-refractivity contribution in [1.29, 1.82) is 0 Å². The van der Waals surface area contributed by atoms with E-state index < -0.39 is 0 Å². The van der Waals surface area contributed by atoms with Crippen molar-refractivity contribution in [1.82, 2.24) is 4.57 Å². The molecule has 0 saturated heterocycles. The Morgan fingerprint density at radius 3 is 2.24 bits per heavy atom. The van der Waals surface area contributed by atoms with Gasteiger partial charge < -0.3 is 10.3 Å². The molecule has 0 aliphatic carbocycles.